The van der Waals surface area contributed by atoms with Crippen LogP contribution in [0.1, 0.15) is 10.4 Å². The molecule has 0 amide bonds. The molecule has 0 saturated carbocycles. The molecule has 2 rings (SSSR count). The predicted molar refractivity (Wildman–Crippen MR) is 63.0 cm³/mol. The average molecular weight is 270 g/mol. The van der Waals surface area contributed by atoms with Gasteiger partial charge >= 0.3 is 16.2 Å². The lowest BCUT2D eigenvalue weighted by Crippen LogP contribution is -2.29. The van der Waals surface area contributed by atoms with Gasteiger partial charge in [-0.05, 0) is 24.3 Å². The number of ether oxygens (including phenoxy) is 1. The number of carbonyl (C=O) groups is 1. The second-order valence-corrected chi connectivity index (χ2v) is 5.00. The molecule has 1 aliphatic heterocycles. The largest absolute Gasteiger partial charge is 0.493 e. The fraction of sp³-hybridized carbons (Fsp3) is 0.100. The van der Waals surface area contributed by atoms with E-state index >= 15 is 0 Å². The van der Waals surface area contributed by atoms with Crippen molar-refractivity contribution in [2.45, 2.75) is 0 Å². The molecule has 8 heteroatoms. The first-order chi connectivity index (χ1) is 8.44. The first-order valence-corrected chi connectivity index (χ1v) is 6.29. The molecule has 0 unspecified atom stereocenters. The van der Waals surface area contributed by atoms with Crippen molar-refractivity contribution in [3.63, 3.8) is 0 Å². The SMILES string of the molecule is COC(=O)c1ccc(N2C=C(O)NS2(=O)=O)cc1. The van der Waals surface area contributed by atoms with E-state index in [2.05, 4.69) is 4.74 Å². The van der Waals surface area contributed by atoms with E-state index in [4.69, 9.17) is 5.11 Å². The zero-order chi connectivity index (χ0) is 13.3. The van der Waals surface area contributed by atoms with Gasteiger partial charge < -0.3 is 9.84 Å². The molecule has 0 aliphatic carbocycles. The highest BCUT2D eigenvalue weighted by Gasteiger charge is 2.28. The third-order valence-electron chi connectivity index (χ3n) is 2.27. The van der Waals surface area contributed by atoms with Gasteiger partial charge in [0, 0.05) is 0 Å². The molecule has 1 aliphatic rings. The quantitative estimate of drug-likeness (QED) is 0.762. The van der Waals surface area contributed by atoms with Crippen LogP contribution in [0.3, 0.4) is 0 Å². The molecule has 0 saturated heterocycles. The standard InChI is InChI=1S/C10H10N2O5S/c1-17-10(14)7-2-4-8(5-3-7)12-6-9(13)11-18(12,15)16/h2-6,11,13H,1H3. The van der Waals surface area contributed by atoms with E-state index in [0.717, 1.165) is 10.5 Å². The van der Waals surface area contributed by atoms with Crippen molar-refractivity contribution in [2.24, 2.45) is 0 Å². The maximum absolute atomic E-state index is 11.6. The minimum atomic E-state index is -3.80. The van der Waals surface area contributed by atoms with Crippen LogP contribution in [0.15, 0.2) is 36.3 Å². The summed E-state index contributed by atoms with van der Waals surface area (Å²) < 4.78 is 30.4. The van der Waals surface area contributed by atoms with Crippen LogP contribution in [0, 0.1) is 0 Å². The van der Waals surface area contributed by atoms with E-state index in [1.54, 1.807) is 0 Å². The van der Waals surface area contributed by atoms with Gasteiger partial charge in [0.15, 0.2) is 0 Å². The van der Waals surface area contributed by atoms with Crippen LogP contribution in [0.5, 0.6) is 0 Å². The summed E-state index contributed by atoms with van der Waals surface area (Å²) in [4.78, 5) is 11.2. The molecule has 2 N–H and O–H groups in total. The van der Waals surface area contributed by atoms with Crippen LogP contribution in [-0.2, 0) is 14.9 Å². The molecule has 18 heavy (non-hydrogen) atoms. The Labute approximate surface area is 103 Å². The predicted octanol–water partition coefficient (Wildman–Crippen LogP) is 0.484. The van der Waals surface area contributed by atoms with E-state index < -0.39 is 22.1 Å². The molecule has 1 aromatic rings. The van der Waals surface area contributed by atoms with Gasteiger partial charge in [0.25, 0.3) is 0 Å². The van der Waals surface area contributed by atoms with Gasteiger partial charge in [-0.3, -0.25) is 0 Å². The number of methoxy groups -OCH3 is 1. The van der Waals surface area contributed by atoms with Gasteiger partial charge in [-0.2, -0.15) is 8.42 Å². The molecule has 7 nitrogen and oxygen atoms in total. The van der Waals surface area contributed by atoms with Gasteiger partial charge in [0.1, 0.15) is 0 Å². The van der Waals surface area contributed by atoms with Crippen LogP contribution in [-0.4, -0.2) is 26.6 Å². The smallest absolute Gasteiger partial charge is 0.337 e. The molecule has 96 valence electrons. The van der Waals surface area contributed by atoms with Crippen LogP contribution < -0.4 is 9.03 Å². The first-order valence-electron chi connectivity index (χ1n) is 4.85. The lowest BCUT2D eigenvalue weighted by atomic mass is 10.2. The highest BCUT2D eigenvalue weighted by Crippen LogP contribution is 2.22. The van der Waals surface area contributed by atoms with Crippen LogP contribution in [0.2, 0.25) is 0 Å². The number of nitrogens with one attached hydrogen (secondary N) is 1. The van der Waals surface area contributed by atoms with Crippen molar-refractivity contribution < 1.29 is 23.1 Å². The Hall–Kier alpha value is -2.22. The molecular formula is C10H10N2O5S. The van der Waals surface area contributed by atoms with Crippen LogP contribution in [0.25, 0.3) is 0 Å². The number of hydrogen-bond acceptors (Lipinski definition) is 5. The van der Waals surface area contributed by atoms with Crippen molar-refractivity contribution in [3.05, 3.63) is 41.9 Å². The lowest BCUT2D eigenvalue weighted by molar-refractivity contribution is 0.0600. The summed E-state index contributed by atoms with van der Waals surface area (Å²) in [6.45, 7) is 0. The number of carbonyl (C=O) groups excluding carboxylic acids is 1. The summed E-state index contributed by atoms with van der Waals surface area (Å²) in [5.74, 6) is -0.977. The highest BCUT2D eigenvalue weighted by molar-refractivity contribution is 7.91. The third kappa shape index (κ3) is 2.09. The monoisotopic (exact) mass is 270 g/mol. The molecule has 0 spiro atoms. The zero-order valence-corrected chi connectivity index (χ0v) is 10.1. The summed E-state index contributed by atoms with van der Waals surface area (Å²) in [5, 5.41) is 9.13. The Bertz CT molecular complexity index is 606. The number of rotatable bonds is 2. The Balaban J connectivity index is 2.33. The number of nitrogens with zero attached hydrogens (tertiary/aromatic N) is 1. The van der Waals surface area contributed by atoms with Crippen LogP contribution >= 0.6 is 0 Å². The summed E-state index contributed by atoms with van der Waals surface area (Å²) >= 11 is 0. The van der Waals surface area contributed by atoms with Crippen molar-refractivity contribution in [3.8, 4) is 0 Å². The summed E-state index contributed by atoms with van der Waals surface area (Å²) in [6, 6.07) is 5.72. The summed E-state index contributed by atoms with van der Waals surface area (Å²) in [6.07, 6.45) is 1.03. The zero-order valence-electron chi connectivity index (χ0n) is 9.32. The topological polar surface area (TPSA) is 95.9 Å². The van der Waals surface area contributed by atoms with Gasteiger partial charge in [0.2, 0.25) is 5.88 Å². The van der Waals surface area contributed by atoms with Crippen molar-refractivity contribution in [2.75, 3.05) is 11.4 Å². The molecule has 0 aromatic heterocycles. The van der Waals surface area contributed by atoms with E-state index in [1.165, 1.54) is 31.4 Å². The third-order valence-corrected chi connectivity index (χ3v) is 3.58. The molecule has 0 radical (unpaired) electrons. The van der Waals surface area contributed by atoms with Gasteiger partial charge in [-0.25, -0.2) is 13.8 Å². The van der Waals surface area contributed by atoms with E-state index in [1.807, 2.05) is 4.72 Å². The number of aliphatic hydroxyl groups is 1. The maximum Gasteiger partial charge on any atom is 0.337 e. The summed E-state index contributed by atoms with van der Waals surface area (Å²) in [5.41, 5.74) is 0.596. The molecule has 1 aromatic carbocycles. The van der Waals surface area contributed by atoms with Gasteiger partial charge in [-0.1, -0.05) is 0 Å². The summed E-state index contributed by atoms with van der Waals surface area (Å²) in [7, 11) is -2.55. The maximum atomic E-state index is 11.6. The second kappa shape index (κ2) is 4.22. The number of aliphatic hydroxyl groups excluding tert-OH is 1. The van der Waals surface area contributed by atoms with Crippen molar-refractivity contribution >= 4 is 21.9 Å². The number of benzene rings is 1. The Morgan fingerprint density at radius 1 is 1.33 bits per heavy atom. The number of hydrogen-bond donors (Lipinski definition) is 2. The van der Waals surface area contributed by atoms with Crippen molar-refractivity contribution in [1.82, 2.24) is 4.72 Å². The van der Waals surface area contributed by atoms with Crippen molar-refractivity contribution in [1.29, 1.82) is 0 Å². The fourth-order valence-electron chi connectivity index (χ4n) is 1.46. The Morgan fingerprint density at radius 3 is 2.39 bits per heavy atom. The highest BCUT2D eigenvalue weighted by atomic mass is 32.2. The average Bonchev–Trinajstić information content (AvgIpc) is 2.61. The van der Waals surface area contributed by atoms with E-state index in [0.29, 0.717) is 11.3 Å². The minimum Gasteiger partial charge on any atom is -0.493 e. The number of esters is 1. The minimum absolute atomic E-state index is 0.291. The van der Waals surface area contributed by atoms with E-state index in [-0.39, 0.29) is 0 Å². The fourth-order valence-corrected chi connectivity index (χ4v) is 2.52. The van der Waals surface area contributed by atoms with Crippen LogP contribution in [0.4, 0.5) is 5.69 Å². The molecule has 0 bridgehead atoms. The Kier molecular flexibility index (Phi) is 2.87. The Morgan fingerprint density at radius 2 is 1.94 bits per heavy atom. The van der Waals surface area contributed by atoms with Gasteiger partial charge in [0.05, 0.1) is 24.6 Å². The lowest BCUT2D eigenvalue weighted by Gasteiger charge is -2.13. The molecular weight excluding hydrogens is 260 g/mol. The first kappa shape index (κ1) is 12.2. The molecule has 0 atom stereocenters. The normalized spacial score (nSPS) is 16.9. The second-order valence-electron chi connectivity index (χ2n) is 3.46. The molecule has 0 fully saturated rings. The van der Waals surface area contributed by atoms with E-state index in [9.17, 15) is 13.2 Å². The number of anilines is 1. The van der Waals surface area contributed by atoms with Gasteiger partial charge in [-0.15, -0.1) is 0 Å². The molecule has 1 heterocycles.